The maximum atomic E-state index is 11.6. The molecule has 15 heavy (non-hydrogen) atoms. The van der Waals surface area contributed by atoms with Crippen molar-refractivity contribution in [1.82, 2.24) is 5.32 Å². The molecule has 0 aliphatic rings. The maximum Gasteiger partial charge on any atom is 0.0587 e. The molecule has 92 valence electrons. The number of nitrogens with one attached hydrogen (secondary N) is 1. The molecule has 2 atom stereocenters. The largest absolute Gasteiger partial charge is 0.383 e. The minimum absolute atomic E-state index is 0.590. The summed E-state index contributed by atoms with van der Waals surface area (Å²) in [6.45, 7) is 6.88. The number of methoxy groups -OCH3 is 1. The van der Waals surface area contributed by atoms with Gasteiger partial charge in [-0.05, 0) is 18.9 Å². The second-order valence-corrected chi connectivity index (χ2v) is 5.54. The Bertz CT molecular complexity index is 165. The van der Waals surface area contributed by atoms with E-state index in [9.17, 15) is 4.21 Å². The zero-order chi connectivity index (χ0) is 11.5. The molecule has 3 nitrogen and oxygen atoms in total. The summed E-state index contributed by atoms with van der Waals surface area (Å²) in [4.78, 5) is 0. The van der Waals surface area contributed by atoms with Gasteiger partial charge in [-0.15, -0.1) is 0 Å². The van der Waals surface area contributed by atoms with Gasteiger partial charge in [0.05, 0.1) is 6.61 Å². The predicted octanol–water partition coefficient (Wildman–Crippen LogP) is 1.41. The lowest BCUT2D eigenvalue weighted by Gasteiger charge is -2.08. The molecule has 0 aromatic carbocycles. The van der Waals surface area contributed by atoms with Crippen molar-refractivity contribution in [2.45, 2.75) is 26.7 Å². The molecule has 0 aliphatic carbocycles. The van der Waals surface area contributed by atoms with Crippen molar-refractivity contribution < 1.29 is 8.95 Å². The lowest BCUT2D eigenvalue weighted by Crippen LogP contribution is -2.22. The van der Waals surface area contributed by atoms with Crippen molar-refractivity contribution in [2.75, 3.05) is 38.3 Å². The quantitative estimate of drug-likeness (QED) is 0.582. The van der Waals surface area contributed by atoms with Crippen LogP contribution in [0.15, 0.2) is 0 Å². The topological polar surface area (TPSA) is 38.3 Å². The highest BCUT2D eigenvalue weighted by Crippen LogP contribution is 2.03. The molecule has 0 saturated carbocycles. The Kier molecular flexibility index (Phi) is 10.6. The minimum atomic E-state index is -0.628. The summed E-state index contributed by atoms with van der Waals surface area (Å²) in [5.74, 6) is 2.27. The fourth-order valence-electron chi connectivity index (χ4n) is 1.18. The monoisotopic (exact) mass is 235 g/mol. The molecule has 0 bridgehead atoms. The zero-order valence-electron chi connectivity index (χ0n) is 10.3. The Morgan fingerprint density at radius 1 is 1.40 bits per heavy atom. The molecule has 0 spiro atoms. The van der Waals surface area contributed by atoms with Crippen LogP contribution in [-0.2, 0) is 15.5 Å². The summed E-state index contributed by atoms with van der Waals surface area (Å²) < 4.78 is 16.5. The van der Waals surface area contributed by atoms with E-state index in [2.05, 4.69) is 19.2 Å². The Hall–Kier alpha value is 0.0700. The number of rotatable bonds is 10. The SMILES string of the molecule is CCC(C)CS(=O)CCCNCCOC. The van der Waals surface area contributed by atoms with Crippen LogP contribution in [0.25, 0.3) is 0 Å². The molecule has 0 fully saturated rings. The first-order valence-corrected chi connectivity index (χ1v) is 7.24. The van der Waals surface area contributed by atoms with E-state index >= 15 is 0 Å². The molecule has 4 heteroatoms. The fraction of sp³-hybridized carbons (Fsp3) is 1.00. The van der Waals surface area contributed by atoms with Crippen LogP contribution in [0.1, 0.15) is 26.7 Å². The van der Waals surface area contributed by atoms with E-state index in [4.69, 9.17) is 4.74 Å². The second-order valence-electron chi connectivity index (χ2n) is 3.92. The molecule has 0 aromatic rings. The average molecular weight is 235 g/mol. The highest BCUT2D eigenvalue weighted by Gasteiger charge is 2.04. The first kappa shape index (κ1) is 15.1. The highest BCUT2D eigenvalue weighted by atomic mass is 32.2. The molecular formula is C11H25NO2S. The lowest BCUT2D eigenvalue weighted by atomic mass is 10.2. The summed E-state index contributed by atoms with van der Waals surface area (Å²) in [6, 6.07) is 0. The van der Waals surface area contributed by atoms with Crippen LogP contribution in [-0.4, -0.2) is 42.5 Å². The van der Waals surface area contributed by atoms with E-state index in [1.165, 1.54) is 0 Å². The van der Waals surface area contributed by atoms with Gasteiger partial charge in [0.15, 0.2) is 0 Å². The Morgan fingerprint density at radius 2 is 2.13 bits per heavy atom. The van der Waals surface area contributed by atoms with E-state index < -0.39 is 10.8 Å². The van der Waals surface area contributed by atoms with Gasteiger partial charge >= 0.3 is 0 Å². The van der Waals surface area contributed by atoms with Crippen LogP contribution >= 0.6 is 0 Å². The standard InChI is InChI=1S/C11H25NO2S/c1-4-11(2)10-15(13)9-5-6-12-7-8-14-3/h11-12H,4-10H2,1-3H3. The van der Waals surface area contributed by atoms with Crippen molar-refractivity contribution in [3.8, 4) is 0 Å². The molecule has 0 radical (unpaired) electrons. The molecular weight excluding hydrogens is 210 g/mol. The lowest BCUT2D eigenvalue weighted by molar-refractivity contribution is 0.199. The van der Waals surface area contributed by atoms with Gasteiger partial charge in [0.1, 0.15) is 0 Å². The van der Waals surface area contributed by atoms with Gasteiger partial charge in [-0.1, -0.05) is 20.3 Å². The number of hydrogen-bond donors (Lipinski definition) is 1. The third-order valence-corrected chi connectivity index (χ3v) is 4.06. The third kappa shape index (κ3) is 10.4. The van der Waals surface area contributed by atoms with Crippen molar-refractivity contribution in [1.29, 1.82) is 0 Å². The summed E-state index contributed by atoms with van der Waals surface area (Å²) >= 11 is 0. The van der Waals surface area contributed by atoms with Gasteiger partial charge in [0.25, 0.3) is 0 Å². The Balaban J connectivity index is 3.24. The third-order valence-electron chi connectivity index (χ3n) is 2.38. The van der Waals surface area contributed by atoms with Gasteiger partial charge < -0.3 is 10.1 Å². The van der Waals surface area contributed by atoms with E-state index in [-0.39, 0.29) is 0 Å². The fourth-order valence-corrected chi connectivity index (χ4v) is 2.68. The van der Waals surface area contributed by atoms with Gasteiger partial charge in [-0.25, -0.2) is 0 Å². The first-order chi connectivity index (χ1) is 7.20. The van der Waals surface area contributed by atoms with E-state index in [1.807, 2.05) is 0 Å². The van der Waals surface area contributed by atoms with Crippen LogP contribution in [0.4, 0.5) is 0 Å². The van der Waals surface area contributed by atoms with Gasteiger partial charge in [0.2, 0.25) is 0 Å². The van der Waals surface area contributed by atoms with Gasteiger partial charge in [-0.2, -0.15) is 0 Å². The normalized spacial score (nSPS) is 15.1. The smallest absolute Gasteiger partial charge is 0.0587 e. The van der Waals surface area contributed by atoms with E-state index in [0.29, 0.717) is 5.92 Å². The Morgan fingerprint density at radius 3 is 2.73 bits per heavy atom. The van der Waals surface area contributed by atoms with E-state index in [1.54, 1.807) is 7.11 Å². The summed E-state index contributed by atoms with van der Waals surface area (Å²) in [6.07, 6.45) is 2.12. The minimum Gasteiger partial charge on any atom is -0.383 e. The van der Waals surface area contributed by atoms with Crippen LogP contribution in [0.3, 0.4) is 0 Å². The zero-order valence-corrected chi connectivity index (χ0v) is 11.1. The molecule has 0 amide bonds. The maximum absolute atomic E-state index is 11.6. The number of ether oxygens (including phenoxy) is 1. The second kappa shape index (κ2) is 10.6. The summed E-state index contributed by atoms with van der Waals surface area (Å²) in [7, 11) is 1.07. The molecule has 2 unspecified atom stereocenters. The highest BCUT2D eigenvalue weighted by molar-refractivity contribution is 7.84. The van der Waals surface area contributed by atoms with Crippen LogP contribution in [0.5, 0.6) is 0 Å². The van der Waals surface area contributed by atoms with Crippen molar-refractivity contribution in [3.63, 3.8) is 0 Å². The van der Waals surface area contributed by atoms with Crippen molar-refractivity contribution >= 4 is 10.8 Å². The Labute approximate surface area is 96.4 Å². The van der Waals surface area contributed by atoms with Gasteiger partial charge in [0, 0.05) is 36.0 Å². The van der Waals surface area contributed by atoms with Crippen molar-refractivity contribution in [3.05, 3.63) is 0 Å². The van der Waals surface area contributed by atoms with Crippen molar-refractivity contribution in [2.24, 2.45) is 5.92 Å². The number of hydrogen-bond acceptors (Lipinski definition) is 3. The molecule has 0 aliphatic heterocycles. The molecule has 0 saturated heterocycles. The first-order valence-electron chi connectivity index (χ1n) is 5.75. The summed E-state index contributed by atoms with van der Waals surface area (Å²) in [5.41, 5.74) is 0. The van der Waals surface area contributed by atoms with Crippen LogP contribution in [0, 0.1) is 5.92 Å². The van der Waals surface area contributed by atoms with Crippen LogP contribution < -0.4 is 5.32 Å². The average Bonchev–Trinajstić information content (AvgIpc) is 2.23. The molecule has 0 rings (SSSR count). The molecule has 0 aromatic heterocycles. The summed E-state index contributed by atoms with van der Waals surface area (Å²) in [5, 5.41) is 3.25. The van der Waals surface area contributed by atoms with E-state index in [0.717, 1.165) is 44.0 Å². The van der Waals surface area contributed by atoms with Crippen LogP contribution in [0.2, 0.25) is 0 Å². The predicted molar refractivity (Wildman–Crippen MR) is 66.7 cm³/mol. The molecule has 1 N–H and O–H groups in total. The molecule has 0 heterocycles. The van der Waals surface area contributed by atoms with Gasteiger partial charge in [-0.3, -0.25) is 4.21 Å².